The first-order chi connectivity index (χ1) is 14.6. The van der Waals surface area contributed by atoms with Crippen LogP contribution >= 0.6 is 0 Å². The number of likely N-dealkylation sites (tertiary alicyclic amines) is 2. The Balaban J connectivity index is 1.26. The topological polar surface area (TPSA) is 79.5 Å². The molecule has 1 aromatic heterocycles. The maximum Gasteiger partial charge on any atom is 0.248 e. The Labute approximate surface area is 178 Å². The second-order valence-electron chi connectivity index (χ2n) is 8.40. The minimum Gasteiger partial charge on any atom is -0.366 e. The lowest BCUT2D eigenvalue weighted by molar-refractivity contribution is -0.138. The molecule has 6 heteroatoms. The van der Waals surface area contributed by atoms with Crippen LogP contribution in [0.4, 0.5) is 0 Å². The van der Waals surface area contributed by atoms with E-state index in [1.54, 1.807) is 12.3 Å². The summed E-state index contributed by atoms with van der Waals surface area (Å²) in [7, 11) is 0. The predicted octanol–water partition coefficient (Wildman–Crippen LogP) is 2.64. The first-order valence-electron chi connectivity index (χ1n) is 10.7. The van der Waals surface area contributed by atoms with Crippen molar-refractivity contribution in [1.29, 1.82) is 0 Å². The standard InChI is InChI=1S/C24H29N4O2/c25-22(29)21-8-2-1-6-20(21)7-4-13-27-14-9-24(10-15-27)11-16-28(23(24)30)18-19-5-3-12-26-17-19/h1-3,5-8,12,17H,4,9-11,13-16,18H2,(H2,25,29). The highest BCUT2D eigenvalue weighted by Gasteiger charge is 2.47. The van der Waals surface area contributed by atoms with Gasteiger partial charge in [0.15, 0.2) is 0 Å². The third-order valence-electron chi connectivity index (χ3n) is 6.55. The largest absolute Gasteiger partial charge is 0.366 e. The molecule has 2 N–H and O–H groups in total. The van der Waals surface area contributed by atoms with Crippen molar-refractivity contribution < 1.29 is 9.59 Å². The Morgan fingerprint density at radius 1 is 1.10 bits per heavy atom. The summed E-state index contributed by atoms with van der Waals surface area (Å²) in [6, 6.07) is 11.4. The number of piperidine rings is 1. The Kier molecular flexibility index (Phi) is 6.13. The minimum absolute atomic E-state index is 0.180. The summed E-state index contributed by atoms with van der Waals surface area (Å²) in [6.45, 7) is 4.31. The molecule has 2 amide bonds. The van der Waals surface area contributed by atoms with Gasteiger partial charge < -0.3 is 15.5 Å². The molecule has 0 bridgehead atoms. The van der Waals surface area contributed by atoms with Crippen molar-refractivity contribution in [2.24, 2.45) is 11.1 Å². The lowest BCUT2D eigenvalue weighted by atomic mass is 9.77. The van der Waals surface area contributed by atoms with Gasteiger partial charge in [0.2, 0.25) is 11.8 Å². The molecule has 2 fully saturated rings. The Morgan fingerprint density at radius 2 is 1.87 bits per heavy atom. The van der Waals surface area contributed by atoms with E-state index in [1.165, 1.54) is 0 Å². The van der Waals surface area contributed by atoms with Gasteiger partial charge in [0.25, 0.3) is 0 Å². The zero-order valence-electron chi connectivity index (χ0n) is 17.3. The van der Waals surface area contributed by atoms with E-state index in [1.807, 2.05) is 41.4 Å². The molecule has 2 saturated heterocycles. The van der Waals surface area contributed by atoms with Crippen LogP contribution in [-0.4, -0.2) is 52.8 Å². The van der Waals surface area contributed by atoms with Crippen LogP contribution in [0.25, 0.3) is 0 Å². The molecule has 1 radical (unpaired) electrons. The quantitative estimate of drug-likeness (QED) is 0.768. The average Bonchev–Trinajstić information content (AvgIpc) is 3.06. The van der Waals surface area contributed by atoms with Gasteiger partial charge in [-0.25, -0.2) is 0 Å². The van der Waals surface area contributed by atoms with Gasteiger partial charge >= 0.3 is 0 Å². The van der Waals surface area contributed by atoms with Crippen LogP contribution < -0.4 is 5.73 Å². The number of aromatic nitrogens is 1. The smallest absolute Gasteiger partial charge is 0.248 e. The van der Waals surface area contributed by atoms with Crippen molar-refractivity contribution in [2.75, 3.05) is 26.2 Å². The maximum absolute atomic E-state index is 13.1. The monoisotopic (exact) mass is 405 g/mol. The lowest BCUT2D eigenvalue weighted by Gasteiger charge is -2.38. The Hall–Kier alpha value is -2.73. The summed E-state index contributed by atoms with van der Waals surface area (Å²) >= 11 is 0. The molecule has 1 spiro atoms. The van der Waals surface area contributed by atoms with E-state index in [-0.39, 0.29) is 5.41 Å². The number of hydrogen-bond donors (Lipinski definition) is 1. The van der Waals surface area contributed by atoms with E-state index in [0.717, 1.165) is 63.0 Å². The van der Waals surface area contributed by atoms with E-state index in [2.05, 4.69) is 16.3 Å². The Bertz CT molecular complexity index is 891. The van der Waals surface area contributed by atoms with Crippen molar-refractivity contribution in [3.63, 3.8) is 0 Å². The highest BCUT2D eigenvalue weighted by molar-refractivity contribution is 5.94. The summed E-state index contributed by atoms with van der Waals surface area (Å²) in [5.74, 6) is -0.0784. The van der Waals surface area contributed by atoms with E-state index < -0.39 is 5.91 Å². The highest BCUT2D eigenvalue weighted by atomic mass is 16.2. The van der Waals surface area contributed by atoms with Crippen LogP contribution in [0.5, 0.6) is 0 Å². The summed E-state index contributed by atoms with van der Waals surface area (Å²) < 4.78 is 0. The van der Waals surface area contributed by atoms with E-state index >= 15 is 0 Å². The average molecular weight is 406 g/mol. The van der Waals surface area contributed by atoms with Crippen LogP contribution in [0.15, 0.2) is 48.8 Å². The van der Waals surface area contributed by atoms with Gasteiger partial charge in [0, 0.05) is 31.0 Å². The number of carbonyl (C=O) groups excluding carboxylic acids is 2. The summed E-state index contributed by atoms with van der Waals surface area (Å²) in [6.07, 6.45) is 9.35. The van der Waals surface area contributed by atoms with Crippen LogP contribution in [0, 0.1) is 11.8 Å². The normalized spacial score (nSPS) is 18.8. The molecule has 157 valence electrons. The summed E-state index contributed by atoms with van der Waals surface area (Å²) in [4.78, 5) is 33.3. The number of rotatable bonds is 7. The molecule has 2 aromatic rings. The molecule has 4 rings (SSSR count). The van der Waals surface area contributed by atoms with Crippen molar-refractivity contribution in [3.05, 3.63) is 71.9 Å². The minimum atomic E-state index is -0.391. The zero-order chi connectivity index (χ0) is 21.0. The van der Waals surface area contributed by atoms with Crippen LogP contribution in [0.2, 0.25) is 0 Å². The van der Waals surface area contributed by atoms with Crippen molar-refractivity contribution in [2.45, 2.75) is 32.2 Å². The molecule has 0 atom stereocenters. The third-order valence-corrected chi connectivity index (χ3v) is 6.55. The molecule has 1 aromatic carbocycles. The van der Waals surface area contributed by atoms with E-state index in [4.69, 9.17) is 5.73 Å². The molecule has 0 saturated carbocycles. The lowest BCUT2D eigenvalue weighted by Crippen LogP contribution is -2.44. The number of primary amides is 1. The number of amides is 2. The predicted molar refractivity (Wildman–Crippen MR) is 115 cm³/mol. The molecular weight excluding hydrogens is 376 g/mol. The molecule has 0 aliphatic carbocycles. The SMILES string of the molecule is NC(=O)c1ccccc1[CH]CCN1CCC2(CC1)CCN(Cc1cccnc1)C2=O. The van der Waals surface area contributed by atoms with Gasteiger partial charge in [-0.3, -0.25) is 14.6 Å². The van der Waals surface area contributed by atoms with Gasteiger partial charge in [-0.15, -0.1) is 0 Å². The number of benzene rings is 1. The second-order valence-corrected chi connectivity index (χ2v) is 8.40. The molecule has 0 unspecified atom stereocenters. The highest BCUT2D eigenvalue weighted by Crippen LogP contribution is 2.42. The molecule has 2 aliphatic rings. The zero-order valence-corrected chi connectivity index (χ0v) is 17.3. The molecule has 30 heavy (non-hydrogen) atoms. The van der Waals surface area contributed by atoms with Crippen LogP contribution in [-0.2, 0) is 11.3 Å². The maximum atomic E-state index is 13.1. The molecule has 3 heterocycles. The van der Waals surface area contributed by atoms with Crippen molar-refractivity contribution >= 4 is 11.8 Å². The van der Waals surface area contributed by atoms with Crippen LogP contribution in [0.3, 0.4) is 0 Å². The van der Waals surface area contributed by atoms with Gasteiger partial charge in [-0.2, -0.15) is 0 Å². The summed E-state index contributed by atoms with van der Waals surface area (Å²) in [5, 5.41) is 0. The second kappa shape index (κ2) is 8.96. The molecular formula is C24H29N4O2. The first kappa shape index (κ1) is 20.5. The Morgan fingerprint density at radius 3 is 2.60 bits per heavy atom. The first-order valence-corrected chi connectivity index (χ1v) is 10.7. The number of hydrogen-bond acceptors (Lipinski definition) is 4. The summed E-state index contributed by atoms with van der Waals surface area (Å²) in [5.41, 5.74) is 7.84. The van der Waals surface area contributed by atoms with Crippen molar-refractivity contribution in [3.8, 4) is 0 Å². The van der Waals surface area contributed by atoms with E-state index in [9.17, 15) is 9.59 Å². The number of pyridine rings is 1. The van der Waals surface area contributed by atoms with E-state index in [0.29, 0.717) is 18.0 Å². The van der Waals surface area contributed by atoms with Gasteiger partial charge in [-0.05, 0) is 75.0 Å². The van der Waals surface area contributed by atoms with Gasteiger partial charge in [-0.1, -0.05) is 24.3 Å². The molecule has 6 nitrogen and oxygen atoms in total. The third kappa shape index (κ3) is 4.38. The number of nitrogens with zero attached hydrogens (tertiary/aromatic N) is 3. The fourth-order valence-electron chi connectivity index (χ4n) is 4.73. The number of nitrogens with two attached hydrogens (primary N) is 1. The van der Waals surface area contributed by atoms with Gasteiger partial charge in [0.05, 0.1) is 5.41 Å². The fraction of sp³-hybridized carbons (Fsp3) is 0.417. The van der Waals surface area contributed by atoms with Crippen LogP contribution in [0.1, 0.15) is 47.2 Å². The van der Waals surface area contributed by atoms with Crippen molar-refractivity contribution in [1.82, 2.24) is 14.8 Å². The fourth-order valence-corrected chi connectivity index (χ4v) is 4.73. The molecule has 2 aliphatic heterocycles. The van der Waals surface area contributed by atoms with Gasteiger partial charge in [0.1, 0.15) is 0 Å². The number of carbonyl (C=O) groups is 2.